The smallest absolute Gasteiger partial charge is 0.265 e. The van der Waals surface area contributed by atoms with Gasteiger partial charge in [-0.2, -0.15) is 0 Å². The summed E-state index contributed by atoms with van der Waals surface area (Å²) in [6.07, 6.45) is 2.32. The van der Waals surface area contributed by atoms with E-state index in [9.17, 15) is 8.42 Å². The lowest BCUT2D eigenvalue weighted by atomic mass is 10.3. The predicted octanol–water partition coefficient (Wildman–Crippen LogP) is 3.33. The lowest BCUT2D eigenvalue weighted by Crippen LogP contribution is -2.01. The highest BCUT2D eigenvalue weighted by Crippen LogP contribution is 2.30. The van der Waals surface area contributed by atoms with E-state index < -0.39 is 9.05 Å². The van der Waals surface area contributed by atoms with Crippen LogP contribution < -0.4 is 4.74 Å². The van der Waals surface area contributed by atoms with Crippen molar-refractivity contribution in [2.24, 2.45) is 0 Å². The molecule has 0 atom stereocenters. The summed E-state index contributed by atoms with van der Waals surface area (Å²) < 4.78 is 28.5. The van der Waals surface area contributed by atoms with Gasteiger partial charge in [0.25, 0.3) is 9.05 Å². The summed E-state index contributed by atoms with van der Waals surface area (Å²) in [5, 5.41) is 0. The van der Waals surface area contributed by atoms with Crippen molar-refractivity contribution in [1.29, 1.82) is 0 Å². The molecule has 0 saturated heterocycles. The minimum absolute atomic E-state index is 0.0346. The van der Waals surface area contributed by atoms with Gasteiger partial charge in [0.15, 0.2) is 0 Å². The molecule has 3 nitrogen and oxygen atoms in total. The van der Waals surface area contributed by atoms with Crippen LogP contribution in [0.1, 0.15) is 6.42 Å². The molecule has 0 radical (unpaired) electrons. The average molecular weight is 326 g/mol. The van der Waals surface area contributed by atoms with E-state index in [1.807, 2.05) is 0 Å². The molecule has 0 fully saturated rings. The Morgan fingerprint density at radius 1 is 1.50 bits per heavy atom. The molecule has 0 amide bonds. The Kier molecular flexibility index (Phi) is 4.83. The lowest BCUT2D eigenvalue weighted by molar-refractivity contribution is 0.316. The predicted molar refractivity (Wildman–Crippen MR) is 67.5 cm³/mol. The van der Waals surface area contributed by atoms with E-state index in [1.54, 1.807) is 18.2 Å². The fraction of sp³-hybridized carbons (Fsp3) is 0.200. The number of halogens is 2. The molecule has 1 aromatic rings. The van der Waals surface area contributed by atoms with Crippen LogP contribution >= 0.6 is 26.6 Å². The maximum absolute atomic E-state index is 11.3. The van der Waals surface area contributed by atoms with Crippen molar-refractivity contribution in [2.75, 3.05) is 6.61 Å². The molecule has 0 unspecified atom stereocenters. The van der Waals surface area contributed by atoms with Crippen LogP contribution in [0.4, 0.5) is 0 Å². The SMILES string of the molecule is C=CCCOc1ccc(Br)cc1S(=O)(=O)Cl. The zero-order chi connectivity index (χ0) is 12.2. The van der Waals surface area contributed by atoms with E-state index in [2.05, 4.69) is 22.5 Å². The summed E-state index contributed by atoms with van der Waals surface area (Å²) in [7, 11) is 1.50. The molecule has 0 heterocycles. The minimum Gasteiger partial charge on any atom is -0.492 e. The van der Waals surface area contributed by atoms with Gasteiger partial charge in [-0.05, 0) is 24.6 Å². The summed E-state index contributed by atoms with van der Waals surface area (Å²) in [4.78, 5) is -0.0346. The second-order valence-electron chi connectivity index (χ2n) is 2.95. The van der Waals surface area contributed by atoms with Crippen molar-refractivity contribution in [3.63, 3.8) is 0 Å². The van der Waals surface area contributed by atoms with Crippen LogP contribution in [0.5, 0.6) is 5.75 Å². The third kappa shape index (κ3) is 3.81. The van der Waals surface area contributed by atoms with E-state index in [4.69, 9.17) is 15.4 Å². The highest BCUT2D eigenvalue weighted by Gasteiger charge is 2.17. The Morgan fingerprint density at radius 2 is 2.19 bits per heavy atom. The number of ether oxygens (including phenoxy) is 1. The Hall–Kier alpha value is -0.520. The van der Waals surface area contributed by atoms with Gasteiger partial charge in [-0.25, -0.2) is 8.42 Å². The highest BCUT2D eigenvalue weighted by molar-refractivity contribution is 9.10. The first-order valence-electron chi connectivity index (χ1n) is 4.43. The van der Waals surface area contributed by atoms with Crippen molar-refractivity contribution in [2.45, 2.75) is 11.3 Å². The van der Waals surface area contributed by atoms with Crippen molar-refractivity contribution in [3.05, 3.63) is 35.3 Å². The van der Waals surface area contributed by atoms with Gasteiger partial charge in [0.2, 0.25) is 0 Å². The number of rotatable bonds is 5. The molecule has 0 saturated carbocycles. The molecule has 0 aliphatic rings. The number of hydrogen-bond donors (Lipinski definition) is 0. The minimum atomic E-state index is -3.80. The third-order valence-corrected chi connectivity index (χ3v) is 3.58. The van der Waals surface area contributed by atoms with Crippen LogP contribution in [0.2, 0.25) is 0 Å². The largest absolute Gasteiger partial charge is 0.492 e. The molecular weight excluding hydrogens is 316 g/mol. The van der Waals surface area contributed by atoms with Gasteiger partial charge in [0, 0.05) is 15.2 Å². The monoisotopic (exact) mass is 324 g/mol. The molecule has 0 aromatic heterocycles. The van der Waals surface area contributed by atoms with Gasteiger partial charge in [0.05, 0.1) is 6.61 Å². The quantitative estimate of drug-likeness (QED) is 0.474. The van der Waals surface area contributed by atoms with Crippen LogP contribution in [0.25, 0.3) is 0 Å². The summed E-state index contributed by atoms with van der Waals surface area (Å²) in [5.41, 5.74) is 0. The van der Waals surface area contributed by atoms with Gasteiger partial charge >= 0.3 is 0 Å². The summed E-state index contributed by atoms with van der Waals surface area (Å²) in [5.74, 6) is 0.250. The zero-order valence-corrected chi connectivity index (χ0v) is 11.5. The number of hydrogen-bond acceptors (Lipinski definition) is 3. The number of benzene rings is 1. The molecule has 0 bridgehead atoms. The van der Waals surface area contributed by atoms with Gasteiger partial charge in [-0.1, -0.05) is 22.0 Å². The Morgan fingerprint density at radius 3 is 2.75 bits per heavy atom. The van der Waals surface area contributed by atoms with Crippen LogP contribution in [-0.2, 0) is 9.05 Å². The van der Waals surface area contributed by atoms with E-state index in [1.165, 1.54) is 6.07 Å². The Labute approximate surface area is 108 Å². The van der Waals surface area contributed by atoms with Crippen LogP contribution in [0.15, 0.2) is 40.2 Å². The summed E-state index contributed by atoms with van der Waals surface area (Å²) in [6, 6.07) is 4.66. The maximum atomic E-state index is 11.3. The third-order valence-electron chi connectivity index (χ3n) is 1.75. The average Bonchev–Trinajstić information content (AvgIpc) is 2.19. The fourth-order valence-corrected chi connectivity index (χ4v) is 2.55. The van der Waals surface area contributed by atoms with E-state index in [0.29, 0.717) is 17.5 Å². The van der Waals surface area contributed by atoms with E-state index in [0.717, 1.165) is 0 Å². The molecule has 0 spiro atoms. The molecule has 0 aliphatic heterocycles. The second-order valence-corrected chi connectivity index (χ2v) is 6.40. The van der Waals surface area contributed by atoms with Crippen molar-refractivity contribution in [1.82, 2.24) is 0 Å². The van der Waals surface area contributed by atoms with Crippen molar-refractivity contribution in [3.8, 4) is 5.75 Å². The van der Waals surface area contributed by atoms with Gasteiger partial charge in [-0.15, -0.1) is 6.58 Å². The molecular formula is C10H10BrClO3S. The zero-order valence-electron chi connectivity index (χ0n) is 8.32. The molecule has 0 aliphatic carbocycles. The highest BCUT2D eigenvalue weighted by atomic mass is 79.9. The topological polar surface area (TPSA) is 43.4 Å². The first-order chi connectivity index (χ1) is 7.45. The molecule has 88 valence electrons. The first-order valence-corrected chi connectivity index (χ1v) is 7.53. The summed E-state index contributed by atoms with van der Waals surface area (Å²) >= 11 is 3.18. The first kappa shape index (κ1) is 13.5. The van der Waals surface area contributed by atoms with Crippen LogP contribution in [-0.4, -0.2) is 15.0 Å². The molecule has 1 aromatic carbocycles. The van der Waals surface area contributed by atoms with Gasteiger partial charge in [-0.3, -0.25) is 0 Å². The Bertz CT molecular complexity index is 485. The van der Waals surface area contributed by atoms with Crippen molar-refractivity contribution >= 4 is 35.7 Å². The van der Waals surface area contributed by atoms with E-state index in [-0.39, 0.29) is 10.6 Å². The van der Waals surface area contributed by atoms with E-state index >= 15 is 0 Å². The van der Waals surface area contributed by atoms with Crippen LogP contribution in [0.3, 0.4) is 0 Å². The summed E-state index contributed by atoms with van der Waals surface area (Å²) in [6.45, 7) is 3.91. The van der Waals surface area contributed by atoms with Gasteiger partial charge in [0.1, 0.15) is 10.6 Å². The lowest BCUT2D eigenvalue weighted by Gasteiger charge is -2.08. The van der Waals surface area contributed by atoms with Crippen molar-refractivity contribution < 1.29 is 13.2 Å². The fourth-order valence-electron chi connectivity index (χ4n) is 1.04. The molecule has 6 heteroatoms. The normalized spacial score (nSPS) is 11.1. The van der Waals surface area contributed by atoms with Gasteiger partial charge < -0.3 is 4.74 Å². The Balaban J connectivity index is 3.04. The van der Waals surface area contributed by atoms with Crippen LogP contribution in [0, 0.1) is 0 Å². The molecule has 0 N–H and O–H groups in total. The molecule has 1 rings (SSSR count). The molecule has 16 heavy (non-hydrogen) atoms. The second kappa shape index (κ2) is 5.70. The standard InChI is InChI=1S/C10H10BrClO3S/c1-2-3-6-15-9-5-4-8(11)7-10(9)16(12,13)14/h2,4-5,7H,1,3,6H2. The maximum Gasteiger partial charge on any atom is 0.265 e.